The highest BCUT2D eigenvalue weighted by Gasteiger charge is 2.24. The summed E-state index contributed by atoms with van der Waals surface area (Å²) in [6, 6.07) is 7.34. The van der Waals surface area contributed by atoms with E-state index in [1.54, 1.807) is 10.6 Å². The number of carbonyl (C=O) groups excluding carboxylic acids is 1. The van der Waals surface area contributed by atoms with Crippen molar-refractivity contribution in [1.29, 1.82) is 0 Å². The summed E-state index contributed by atoms with van der Waals surface area (Å²) in [6.07, 6.45) is 3.32. The van der Waals surface area contributed by atoms with E-state index in [-0.39, 0.29) is 22.8 Å². The van der Waals surface area contributed by atoms with E-state index < -0.39 is 9.84 Å². The molecule has 8 nitrogen and oxygen atoms in total. The zero-order valence-electron chi connectivity index (χ0n) is 18.1. The van der Waals surface area contributed by atoms with Gasteiger partial charge in [-0.25, -0.2) is 8.42 Å². The van der Waals surface area contributed by atoms with Crippen molar-refractivity contribution in [3.05, 3.63) is 40.2 Å². The fourth-order valence-corrected chi connectivity index (χ4v) is 5.05. The minimum Gasteiger partial charge on any atom is -0.367 e. The molecular weight excluding hydrogens is 416 g/mol. The molecule has 0 spiro atoms. The van der Waals surface area contributed by atoms with E-state index in [9.17, 15) is 18.0 Å². The molecule has 0 atom stereocenters. The SMILES string of the molecule is CN1CCC(CNC(=O)c2cc3cccc4c3n(c2=O)CCN4CCS(C)(=O)=O)CC1. The van der Waals surface area contributed by atoms with Gasteiger partial charge in [-0.2, -0.15) is 0 Å². The van der Waals surface area contributed by atoms with Gasteiger partial charge in [0, 0.05) is 37.8 Å². The molecule has 2 aliphatic heterocycles. The molecule has 9 heteroatoms. The summed E-state index contributed by atoms with van der Waals surface area (Å²) in [6.45, 7) is 3.98. The number of hydrogen-bond acceptors (Lipinski definition) is 6. The van der Waals surface area contributed by atoms with Crippen LogP contribution in [0.1, 0.15) is 23.2 Å². The Morgan fingerprint density at radius 1 is 1.16 bits per heavy atom. The molecule has 1 aromatic carbocycles. The molecule has 31 heavy (non-hydrogen) atoms. The van der Waals surface area contributed by atoms with E-state index in [1.807, 2.05) is 23.1 Å². The predicted octanol–water partition coefficient (Wildman–Crippen LogP) is 0.938. The number of anilines is 1. The molecule has 1 N–H and O–H groups in total. The highest BCUT2D eigenvalue weighted by atomic mass is 32.2. The third-order valence-electron chi connectivity index (χ3n) is 6.39. The van der Waals surface area contributed by atoms with Gasteiger partial charge in [-0.3, -0.25) is 9.59 Å². The third kappa shape index (κ3) is 4.77. The van der Waals surface area contributed by atoms with Gasteiger partial charge in [-0.15, -0.1) is 0 Å². The van der Waals surface area contributed by atoms with Crippen LogP contribution in [0.5, 0.6) is 0 Å². The first kappa shape index (κ1) is 21.8. The smallest absolute Gasteiger partial charge is 0.264 e. The van der Waals surface area contributed by atoms with Crippen molar-refractivity contribution in [2.45, 2.75) is 19.4 Å². The number of nitrogens with zero attached hydrogens (tertiary/aromatic N) is 3. The molecule has 0 bridgehead atoms. The molecule has 0 saturated carbocycles. The van der Waals surface area contributed by atoms with Crippen molar-refractivity contribution in [1.82, 2.24) is 14.8 Å². The van der Waals surface area contributed by atoms with Crippen molar-refractivity contribution < 1.29 is 13.2 Å². The molecule has 1 saturated heterocycles. The van der Waals surface area contributed by atoms with Crippen LogP contribution in [0.4, 0.5) is 5.69 Å². The van der Waals surface area contributed by atoms with E-state index in [2.05, 4.69) is 17.3 Å². The molecular formula is C22H30N4O4S. The Kier molecular flexibility index (Phi) is 6.07. The lowest BCUT2D eigenvalue weighted by atomic mass is 9.97. The number of piperidine rings is 1. The summed E-state index contributed by atoms with van der Waals surface area (Å²) in [4.78, 5) is 30.3. The van der Waals surface area contributed by atoms with Gasteiger partial charge in [-0.1, -0.05) is 12.1 Å². The van der Waals surface area contributed by atoms with Crippen LogP contribution in [0.3, 0.4) is 0 Å². The normalized spacial score (nSPS) is 17.8. The minimum absolute atomic E-state index is 0.0606. The highest BCUT2D eigenvalue weighted by molar-refractivity contribution is 7.90. The number of benzene rings is 1. The van der Waals surface area contributed by atoms with Gasteiger partial charge < -0.3 is 19.7 Å². The number of nitrogens with one attached hydrogen (secondary N) is 1. The van der Waals surface area contributed by atoms with Gasteiger partial charge in [0.05, 0.1) is 17.0 Å². The van der Waals surface area contributed by atoms with Gasteiger partial charge in [0.15, 0.2) is 0 Å². The van der Waals surface area contributed by atoms with Gasteiger partial charge in [0.2, 0.25) is 0 Å². The Labute approximate surface area is 182 Å². The number of pyridine rings is 1. The molecule has 1 fully saturated rings. The monoisotopic (exact) mass is 446 g/mol. The molecule has 3 heterocycles. The number of amides is 1. The summed E-state index contributed by atoms with van der Waals surface area (Å²) >= 11 is 0. The highest BCUT2D eigenvalue weighted by Crippen LogP contribution is 2.29. The number of sulfone groups is 1. The quantitative estimate of drug-likeness (QED) is 0.710. The molecule has 0 aliphatic carbocycles. The van der Waals surface area contributed by atoms with Crippen molar-refractivity contribution in [2.24, 2.45) is 5.92 Å². The number of hydrogen-bond donors (Lipinski definition) is 1. The predicted molar refractivity (Wildman–Crippen MR) is 123 cm³/mol. The Bertz CT molecular complexity index is 1150. The van der Waals surface area contributed by atoms with Crippen LogP contribution in [0.25, 0.3) is 10.9 Å². The van der Waals surface area contributed by atoms with Crippen molar-refractivity contribution in [3.8, 4) is 0 Å². The van der Waals surface area contributed by atoms with Crippen LogP contribution in [-0.2, 0) is 16.4 Å². The number of carbonyl (C=O) groups is 1. The summed E-state index contributed by atoms with van der Waals surface area (Å²) in [5.41, 5.74) is 1.48. The van der Waals surface area contributed by atoms with Crippen molar-refractivity contribution >= 4 is 32.3 Å². The van der Waals surface area contributed by atoms with Gasteiger partial charge in [0.25, 0.3) is 11.5 Å². The molecule has 4 rings (SSSR count). The maximum absolute atomic E-state index is 13.1. The standard InChI is InChI=1S/C22H30N4O4S/c1-24-8-6-16(7-9-24)15-23-21(27)18-14-17-4-3-5-19-20(17)26(22(18)28)11-10-25(19)12-13-31(2,29)30/h3-5,14,16H,6-13,15H2,1-2H3,(H,23,27). The Morgan fingerprint density at radius 2 is 1.90 bits per heavy atom. The fourth-order valence-electron chi connectivity index (χ4n) is 4.50. The van der Waals surface area contributed by atoms with E-state index in [0.717, 1.165) is 42.5 Å². The lowest BCUT2D eigenvalue weighted by Gasteiger charge is -2.32. The third-order valence-corrected chi connectivity index (χ3v) is 7.32. The Hall–Kier alpha value is -2.39. The van der Waals surface area contributed by atoms with Crippen molar-refractivity contribution in [2.75, 3.05) is 56.7 Å². The Morgan fingerprint density at radius 3 is 2.61 bits per heavy atom. The zero-order chi connectivity index (χ0) is 22.2. The van der Waals surface area contributed by atoms with E-state index in [4.69, 9.17) is 0 Å². The first-order valence-electron chi connectivity index (χ1n) is 10.8. The maximum atomic E-state index is 13.1. The van der Waals surface area contributed by atoms with Gasteiger partial charge in [0.1, 0.15) is 15.4 Å². The summed E-state index contributed by atoms with van der Waals surface area (Å²) in [7, 11) is -0.977. The van der Waals surface area contributed by atoms with Gasteiger partial charge in [-0.05, 0) is 51.0 Å². The molecule has 1 amide bonds. The van der Waals surface area contributed by atoms with Crippen LogP contribution in [-0.4, -0.2) is 75.6 Å². The second-order valence-corrected chi connectivity index (χ2v) is 11.1. The second kappa shape index (κ2) is 8.63. The fraction of sp³-hybridized carbons (Fsp3) is 0.545. The molecule has 168 valence electrons. The first-order chi connectivity index (χ1) is 14.7. The zero-order valence-corrected chi connectivity index (χ0v) is 19.0. The average Bonchev–Trinajstić information content (AvgIpc) is 2.74. The molecule has 2 aromatic rings. The van der Waals surface area contributed by atoms with Crippen LogP contribution in [0, 0.1) is 5.92 Å². The largest absolute Gasteiger partial charge is 0.367 e. The average molecular weight is 447 g/mol. The van der Waals surface area contributed by atoms with Crippen LogP contribution < -0.4 is 15.8 Å². The van der Waals surface area contributed by atoms with E-state index in [1.165, 1.54) is 6.26 Å². The number of likely N-dealkylation sites (tertiary alicyclic amines) is 1. The lowest BCUT2D eigenvalue weighted by molar-refractivity contribution is 0.0937. The molecule has 0 unspecified atom stereocenters. The lowest BCUT2D eigenvalue weighted by Crippen LogP contribution is -2.42. The minimum atomic E-state index is -3.08. The summed E-state index contributed by atoms with van der Waals surface area (Å²) in [5, 5.41) is 3.78. The maximum Gasteiger partial charge on any atom is 0.264 e. The molecule has 1 aromatic heterocycles. The van der Waals surface area contributed by atoms with E-state index >= 15 is 0 Å². The van der Waals surface area contributed by atoms with Crippen LogP contribution in [0.15, 0.2) is 29.1 Å². The van der Waals surface area contributed by atoms with Crippen LogP contribution in [0.2, 0.25) is 0 Å². The Balaban J connectivity index is 1.58. The number of para-hydroxylation sites is 1. The molecule has 2 aliphatic rings. The topological polar surface area (TPSA) is 91.7 Å². The second-order valence-electron chi connectivity index (χ2n) is 8.80. The van der Waals surface area contributed by atoms with Crippen LogP contribution >= 0.6 is 0 Å². The summed E-state index contributed by atoms with van der Waals surface area (Å²) < 4.78 is 24.9. The van der Waals surface area contributed by atoms with Crippen molar-refractivity contribution in [3.63, 3.8) is 0 Å². The number of aromatic nitrogens is 1. The summed E-state index contributed by atoms with van der Waals surface area (Å²) in [5.74, 6) is 0.182. The van der Waals surface area contributed by atoms with Gasteiger partial charge >= 0.3 is 0 Å². The number of rotatable bonds is 6. The molecule has 0 radical (unpaired) electrons. The first-order valence-corrected chi connectivity index (χ1v) is 12.8. The van der Waals surface area contributed by atoms with E-state index in [0.29, 0.717) is 32.1 Å².